The lowest BCUT2D eigenvalue weighted by Crippen LogP contribution is -2.40. The molecule has 0 spiro atoms. The Hall–Kier alpha value is -1.97. The third-order valence-electron chi connectivity index (χ3n) is 4.25. The molecule has 2 rings (SSSR count). The van der Waals surface area contributed by atoms with Crippen molar-refractivity contribution in [3.05, 3.63) is 29.8 Å². The number of rotatable bonds is 8. The van der Waals surface area contributed by atoms with Gasteiger partial charge in [0.05, 0.1) is 24.5 Å². The number of benzene rings is 1. The molecule has 1 aromatic carbocycles. The van der Waals surface area contributed by atoms with Gasteiger partial charge in [-0.25, -0.2) is 8.42 Å². The summed E-state index contributed by atoms with van der Waals surface area (Å²) >= 11 is 0. The second kappa shape index (κ2) is 9.11. The molecule has 26 heavy (non-hydrogen) atoms. The van der Waals surface area contributed by atoms with Gasteiger partial charge in [-0.3, -0.25) is 9.59 Å². The number of hydrogen-bond donors (Lipinski definition) is 1. The minimum atomic E-state index is -3.52. The third kappa shape index (κ3) is 5.52. The first-order valence-electron chi connectivity index (χ1n) is 8.43. The van der Waals surface area contributed by atoms with Crippen molar-refractivity contribution in [2.45, 2.75) is 24.2 Å². The van der Waals surface area contributed by atoms with Gasteiger partial charge >= 0.3 is 5.97 Å². The SMILES string of the molecule is CN(CCC(=O)O)C(=O)CCc1ccc(S(=O)(=O)N2CCOCC2)cc1. The van der Waals surface area contributed by atoms with Crippen molar-refractivity contribution in [2.75, 3.05) is 39.9 Å². The number of morpholine rings is 1. The van der Waals surface area contributed by atoms with Crippen molar-refractivity contribution in [1.82, 2.24) is 9.21 Å². The number of amides is 1. The molecule has 1 amide bonds. The van der Waals surface area contributed by atoms with E-state index in [0.29, 0.717) is 32.7 Å². The number of ether oxygens (including phenoxy) is 1. The number of sulfonamides is 1. The first-order valence-corrected chi connectivity index (χ1v) is 9.87. The Morgan fingerprint density at radius 1 is 1.15 bits per heavy atom. The van der Waals surface area contributed by atoms with Crippen molar-refractivity contribution in [3.8, 4) is 0 Å². The van der Waals surface area contributed by atoms with Gasteiger partial charge in [-0.1, -0.05) is 12.1 Å². The molecular formula is C17H24N2O6S. The minimum Gasteiger partial charge on any atom is -0.481 e. The zero-order valence-electron chi connectivity index (χ0n) is 14.8. The van der Waals surface area contributed by atoms with Crippen molar-refractivity contribution in [3.63, 3.8) is 0 Å². The van der Waals surface area contributed by atoms with E-state index in [-0.39, 0.29) is 30.2 Å². The second-order valence-electron chi connectivity index (χ2n) is 6.12. The lowest BCUT2D eigenvalue weighted by Gasteiger charge is -2.26. The number of carboxylic acid groups (broad SMARTS) is 1. The minimum absolute atomic E-state index is 0.0870. The number of carbonyl (C=O) groups excluding carboxylic acids is 1. The van der Waals surface area contributed by atoms with Crippen LogP contribution in [0.1, 0.15) is 18.4 Å². The van der Waals surface area contributed by atoms with Crippen LogP contribution in [-0.4, -0.2) is 74.5 Å². The van der Waals surface area contributed by atoms with E-state index < -0.39 is 16.0 Å². The highest BCUT2D eigenvalue weighted by Gasteiger charge is 2.26. The fourth-order valence-electron chi connectivity index (χ4n) is 2.59. The van der Waals surface area contributed by atoms with Gasteiger partial charge in [0.25, 0.3) is 0 Å². The summed E-state index contributed by atoms with van der Waals surface area (Å²) in [5.41, 5.74) is 0.853. The molecule has 1 aliphatic heterocycles. The molecule has 0 aromatic heterocycles. The first-order chi connectivity index (χ1) is 12.3. The molecule has 8 nitrogen and oxygen atoms in total. The van der Waals surface area contributed by atoms with E-state index in [1.54, 1.807) is 31.3 Å². The van der Waals surface area contributed by atoms with E-state index >= 15 is 0 Å². The average molecular weight is 384 g/mol. The van der Waals surface area contributed by atoms with Crippen LogP contribution in [0.2, 0.25) is 0 Å². The monoisotopic (exact) mass is 384 g/mol. The molecular weight excluding hydrogens is 360 g/mol. The summed E-state index contributed by atoms with van der Waals surface area (Å²) in [5.74, 6) is -1.09. The Labute approximate surface area is 153 Å². The molecule has 0 atom stereocenters. The topological polar surface area (TPSA) is 104 Å². The molecule has 0 saturated carbocycles. The maximum Gasteiger partial charge on any atom is 0.305 e. The molecule has 1 aliphatic rings. The molecule has 1 fully saturated rings. The van der Waals surface area contributed by atoms with Gasteiger partial charge in [-0.05, 0) is 24.1 Å². The van der Waals surface area contributed by atoms with Crippen LogP contribution < -0.4 is 0 Å². The summed E-state index contributed by atoms with van der Waals surface area (Å²) in [6, 6.07) is 6.52. The predicted molar refractivity (Wildman–Crippen MR) is 94.2 cm³/mol. The Bertz CT molecular complexity index is 726. The van der Waals surface area contributed by atoms with Crippen LogP contribution in [0.3, 0.4) is 0 Å². The number of carbonyl (C=O) groups is 2. The van der Waals surface area contributed by atoms with Gasteiger partial charge in [0.1, 0.15) is 0 Å². The molecule has 1 saturated heterocycles. The smallest absolute Gasteiger partial charge is 0.305 e. The van der Waals surface area contributed by atoms with Crippen LogP contribution in [0.25, 0.3) is 0 Å². The summed E-state index contributed by atoms with van der Waals surface area (Å²) in [6.45, 7) is 1.66. The summed E-state index contributed by atoms with van der Waals surface area (Å²) < 4.78 is 31.7. The van der Waals surface area contributed by atoms with Crippen LogP contribution in [0.15, 0.2) is 29.2 Å². The zero-order chi connectivity index (χ0) is 19.2. The lowest BCUT2D eigenvalue weighted by atomic mass is 10.1. The van der Waals surface area contributed by atoms with Gasteiger partial charge < -0.3 is 14.7 Å². The van der Waals surface area contributed by atoms with E-state index in [9.17, 15) is 18.0 Å². The zero-order valence-corrected chi connectivity index (χ0v) is 15.6. The number of aryl methyl sites for hydroxylation is 1. The average Bonchev–Trinajstić information content (AvgIpc) is 2.65. The quantitative estimate of drug-likeness (QED) is 0.703. The van der Waals surface area contributed by atoms with Crippen LogP contribution in [0.5, 0.6) is 0 Å². The lowest BCUT2D eigenvalue weighted by molar-refractivity contribution is -0.138. The summed E-state index contributed by atoms with van der Waals surface area (Å²) in [4.78, 5) is 24.1. The highest BCUT2D eigenvalue weighted by molar-refractivity contribution is 7.89. The number of nitrogens with zero attached hydrogens (tertiary/aromatic N) is 2. The van der Waals surface area contributed by atoms with E-state index in [1.807, 2.05) is 0 Å². The fourth-order valence-corrected chi connectivity index (χ4v) is 4.00. The fraction of sp³-hybridized carbons (Fsp3) is 0.529. The molecule has 144 valence electrons. The molecule has 1 N–H and O–H groups in total. The van der Waals surface area contributed by atoms with Gasteiger partial charge in [0.15, 0.2) is 0 Å². The van der Waals surface area contributed by atoms with Gasteiger partial charge in [-0.2, -0.15) is 4.31 Å². The van der Waals surface area contributed by atoms with Crippen molar-refractivity contribution < 1.29 is 27.9 Å². The Morgan fingerprint density at radius 2 is 1.77 bits per heavy atom. The highest BCUT2D eigenvalue weighted by atomic mass is 32.2. The van der Waals surface area contributed by atoms with Gasteiger partial charge in [0, 0.05) is 33.1 Å². The third-order valence-corrected chi connectivity index (χ3v) is 6.16. The van der Waals surface area contributed by atoms with E-state index in [2.05, 4.69) is 0 Å². The Kier molecular flexibility index (Phi) is 7.13. The number of hydrogen-bond acceptors (Lipinski definition) is 5. The van der Waals surface area contributed by atoms with Crippen LogP contribution in [-0.2, 0) is 30.8 Å². The summed E-state index contributed by atoms with van der Waals surface area (Å²) in [6.07, 6.45) is 0.621. The molecule has 1 aromatic rings. The number of carboxylic acids is 1. The van der Waals surface area contributed by atoms with Crippen LogP contribution in [0.4, 0.5) is 0 Å². The van der Waals surface area contributed by atoms with Crippen molar-refractivity contribution in [2.24, 2.45) is 0 Å². The van der Waals surface area contributed by atoms with E-state index in [0.717, 1.165) is 5.56 Å². The number of aliphatic carboxylic acids is 1. The molecule has 9 heteroatoms. The van der Waals surface area contributed by atoms with Crippen LogP contribution >= 0.6 is 0 Å². The second-order valence-corrected chi connectivity index (χ2v) is 8.06. The normalized spacial score (nSPS) is 15.6. The molecule has 0 aliphatic carbocycles. The summed E-state index contributed by atoms with van der Waals surface area (Å²) in [5, 5.41) is 8.64. The summed E-state index contributed by atoms with van der Waals surface area (Å²) in [7, 11) is -1.94. The maximum absolute atomic E-state index is 12.5. The molecule has 0 unspecified atom stereocenters. The predicted octanol–water partition coefficient (Wildman–Crippen LogP) is 0.573. The first kappa shape index (κ1) is 20.3. The van der Waals surface area contributed by atoms with Gasteiger partial charge in [-0.15, -0.1) is 0 Å². The molecule has 1 heterocycles. The van der Waals surface area contributed by atoms with Gasteiger partial charge in [0.2, 0.25) is 15.9 Å². The largest absolute Gasteiger partial charge is 0.481 e. The maximum atomic E-state index is 12.5. The standard InChI is InChI=1S/C17H24N2O6S/c1-18(9-8-17(21)22)16(20)7-4-14-2-5-15(6-3-14)26(23,24)19-10-12-25-13-11-19/h2-3,5-6H,4,7-13H2,1H3,(H,21,22). The van der Waals surface area contributed by atoms with Crippen LogP contribution in [0, 0.1) is 0 Å². The molecule has 0 radical (unpaired) electrons. The highest BCUT2D eigenvalue weighted by Crippen LogP contribution is 2.18. The Balaban J connectivity index is 1.91. The van der Waals surface area contributed by atoms with Crippen molar-refractivity contribution >= 4 is 21.9 Å². The van der Waals surface area contributed by atoms with Crippen molar-refractivity contribution in [1.29, 1.82) is 0 Å². The molecule has 0 bridgehead atoms. The van der Waals surface area contributed by atoms with E-state index in [4.69, 9.17) is 9.84 Å². The Morgan fingerprint density at radius 3 is 2.35 bits per heavy atom. The van der Waals surface area contributed by atoms with E-state index in [1.165, 1.54) is 9.21 Å².